The normalized spacial score (nSPS) is 21.5. The molecule has 0 radical (unpaired) electrons. The van der Waals surface area contributed by atoms with Crippen molar-refractivity contribution in [2.45, 2.75) is 45.1 Å². The molecule has 152 valence electrons. The van der Waals surface area contributed by atoms with E-state index in [1.165, 1.54) is 11.1 Å². The number of nitrogens with zero attached hydrogens (tertiary/aromatic N) is 1. The molecule has 0 bridgehead atoms. The van der Waals surface area contributed by atoms with Crippen LogP contribution in [0, 0.1) is 12.3 Å². The van der Waals surface area contributed by atoms with Crippen LogP contribution in [0.1, 0.15) is 36.8 Å². The van der Waals surface area contributed by atoms with Crippen molar-refractivity contribution in [3.8, 4) is 0 Å². The van der Waals surface area contributed by atoms with E-state index in [1.54, 1.807) is 0 Å². The van der Waals surface area contributed by atoms with Gasteiger partial charge in [-0.3, -0.25) is 4.79 Å². The van der Waals surface area contributed by atoms with Crippen molar-refractivity contribution in [3.05, 3.63) is 35.4 Å². The molecule has 2 aliphatic heterocycles. The SMILES string of the molecule is Cc1ccc(CCN(CC2CCCO2)C(=O)C2(CN)CCOCC2)cc1.Cl. The Morgan fingerprint density at radius 3 is 2.52 bits per heavy atom. The van der Waals surface area contributed by atoms with E-state index in [2.05, 4.69) is 31.2 Å². The Hall–Kier alpha value is -1.14. The Balaban J connectivity index is 0.00000261. The van der Waals surface area contributed by atoms with Gasteiger partial charge in [-0.15, -0.1) is 12.4 Å². The van der Waals surface area contributed by atoms with Gasteiger partial charge in [0, 0.05) is 39.5 Å². The predicted molar refractivity (Wildman–Crippen MR) is 109 cm³/mol. The second kappa shape index (κ2) is 10.4. The second-order valence-corrected chi connectivity index (χ2v) is 7.72. The summed E-state index contributed by atoms with van der Waals surface area (Å²) >= 11 is 0. The Morgan fingerprint density at radius 2 is 1.93 bits per heavy atom. The molecule has 5 nitrogen and oxygen atoms in total. The van der Waals surface area contributed by atoms with E-state index in [-0.39, 0.29) is 24.4 Å². The number of ether oxygens (including phenoxy) is 2. The number of rotatable bonds is 7. The molecule has 2 saturated heterocycles. The fourth-order valence-corrected chi connectivity index (χ4v) is 3.93. The van der Waals surface area contributed by atoms with Crippen molar-refractivity contribution >= 4 is 18.3 Å². The van der Waals surface area contributed by atoms with Gasteiger partial charge in [0.2, 0.25) is 5.91 Å². The van der Waals surface area contributed by atoms with Crippen LogP contribution in [0.25, 0.3) is 0 Å². The van der Waals surface area contributed by atoms with Crippen LogP contribution in [0.3, 0.4) is 0 Å². The fraction of sp³-hybridized carbons (Fsp3) is 0.667. The first-order chi connectivity index (χ1) is 12.6. The predicted octanol–water partition coefficient (Wildman–Crippen LogP) is 2.72. The van der Waals surface area contributed by atoms with Crippen molar-refractivity contribution in [2.75, 3.05) is 39.5 Å². The third kappa shape index (κ3) is 5.67. The number of nitrogens with two attached hydrogens (primary N) is 1. The van der Waals surface area contributed by atoms with Crippen LogP contribution in [-0.4, -0.2) is 56.4 Å². The zero-order valence-electron chi connectivity index (χ0n) is 16.3. The van der Waals surface area contributed by atoms with Gasteiger partial charge in [-0.1, -0.05) is 29.8 Å². The van der Waals surface area contributed by atoms with Crippen LogP contribution in [0.5, 0.6) is 0 Å². The number of hydrogen-bond acceptors (Lipinski definition) is 4. The maximum Gasteiger partial charge on any atom is 0.230 e. The summed E-state index contributed by atoms with van der Waals surface area (Å²) in [6.07, 6.45) is 4.57. The molecule has 2 heterocycles. The first-order valence-electron chi connectivity index (χ1n) is 9.87. The van der Waals surface area contributed by atoms with Gasteiger partial charge in [-0.25, -0.2) is 0 Å². The molecule has 1 amide bonds. The molecule has 2 N–H and O–H groups in total. The highest BCUT2D eigenvalue weighted by Crippen LogP contribution is 2.32. The van der Waals surface area contributed by atoms with Gasteiger partial charge in [0.1, 0.15) is 0 Å². The Morgan fingerprint density at radius 1 is 1.22 bits per heavy atom. The molecule has 1 aromatic rings. The average molecular weight is 397 g/mol. The van der Waals surface area contributed by atoms with Crippen LogP contribution in [0.4, 0.5) is 0 Å². The molecule has 0 spiro atoms. The highest BCUT2D eigenvalue weighted by Gasteiger charge is 2.42. The van der Waals surface area contributed by atoms with E-state index in [1.807, 2.05) is 4.90 Å². The lowest BCUT2D eigenvalue weighted by Crippen LogP contribution is -2.52. The fourth-order valence-electron chi connectivity index (χ4n) is 3.93. The van der Waals surface area contributed by atoms with E-state index >= 15 is 0 Å². The molecule has 1 atom stereocenters. The summed E-state index contributed by atoms with van der Waals surface area (Å²) in [6, 6.07) is 8.55. The molecule has 3 rings (SSSR count). The lowest BCUT2D eigenvalue weighted by Gasteiger charge is -2.39. The van der Waals surface area contributed by atoms with Crippen molar-refractivity contribution in [1.82, 2.24) is 4.90 Å². The van der Waals surface area contributed by atoms with Gasteiger partial charge in [-0.05, 0) is 44.6 Å². The van der Waals surface area contributed by atoms with Gasteiger partial charge in [0.05, 0.1) is 11.5 Å². The molecule has 27 heavy (non-hydrogen) atoms. The molecular formula is C21H33ClN2O3. The molecule has 2 aliphatic rings. The smallest absolute Gasteiger partial charge is 0.230 e. The molecule has 0 saturated carbocycles. The van der Waals surface area contributed by atoms with Crippen molar-refractivity contribution in [2.24, 2.45) is 11.1 Å². The molecule has 1 aromatic carbocycles. The third-order valence-electron chi connectivity index (χ3n) is 5.82. The number of carbonyl (C=O) groups excluding carboxylic acids is 1. The van der Waals surface area contributed by atoms with Crippen molar-refractivity contribution in [3.63, 3.8) is 0 Å². The molecule has 6 heteroatoms. The highest BCUT2D eigenvalue weighted by molar-refractivity contribution is 5.85. The standard InChI is InChI=1S/C21H32N2O3.ClH/c1-17-4-6-18(7-5-17)8-11-23(15-19-3-2-12-26-19)20(24)21(16-22)9-13-25-14-10-21;/h4-7,19H,2-3,8-16,22H2,1H3;1H. The molecule has 0 aromatic heterocycles. The summed E-state index contributed by atoms with van der Waals surface area (Å²) in [7, 11) is 0. The maximum absolute atomic E-state index is 13.4. The topological polar surface area (TPSA) is 64.8 Å². The highest BCUT2D eigenvalue weighted by atomic mass is 35.5. The minimum Gasteiger partial charge on any atom is -0.381 e. The summed E-state index contributed by atoms with van der Waals surface area (Å²) in [4.78, 5) is 15.5. The van der Waals surface area contributed by atoms with Crippen LogP contribution in [0.15, 0.2) is 24.3 Å². The molecular weight excluding hydrogens is 364 g/mol. The van der Waals surface area contributed by atoms with Crippen LogP contribution >= 0.6 is 12.4 Å². The lowest BCUT2D eigenvalue weighted by atomic mass is 9.78. The Kier molecular flexibility index (Phi) is 8.55. The van der Waals surface area contributed by atoms with Crippen LogP contribution in [0.2, 0.25) is 0 Å². The average Bonchev–Trinajstić information content (AvgIpc) is 3.19. The first kappa shape index (κ1) is 22.2. The number of aryl methyl sites for hydroxylation is 1. The largest absolute Gasteiger partial charge is 0.381 e. The van der Waals surface area contributed by atoms with Gasteiger partial charge in [0.15, 0.2) is 0 Å². The first-order valence-corrected chi connectivity index (χ1v) is 9.87. The summed E-state index contributed by atoms with van der Waals surface area (Å²) in [5, 5.41) is 0. The number of benzene rings is 1. The maximum atomic E-state index is 13.4. The van der Waals surface area contributed by atoms with Crippen molar-refractivity contribution < 1.29 is 14.3 Å². The van der Waals surface area contributed by atoms with Gasteiger partial charge >= 0.3 is 0 Å². The van der Waals surface area contributed by atoms with Crippen molar-refractivity contribution in [1.29, 1.82) is 0 Å². The van der Waals surface area contributed by atoms with E-state index in [0.717, 1.165) is 38.7 Å². The molecule has 2 fully saturated rings. The molecule has 0 aliphatic carbocycles. The quantitative estimate of drug-likeness (QED) is 0.769. The van der Waals surface area contributed by atoms with Gasteiger partial charge < -0.3 is 20.1 Å². The number of halogens is 1. The van der Waals surface area contributed by atoms with E-state index in [4.69, 9.17) is 15.2 Å². The number of amides is 1. The molecule has 1 unspecified atom stereocenters. The monoisotopic (exact) mass is 396 g/mol. The van der Waals surface area contributed by atoms with Crippen LogP contribution < -0.4 is 5.73 Å². The van der Waals surface area contributed by atoms with E-state index in [0.29, 0.717) is 32.8 Å². The van der Waals surface area contributed by atoms with Gasteiger partial charge in [0.25, 0.3) is 0 Å². The summed E-state index contributed by atoms with van der Waals surface area (Å²) in [6.45, 7) is 5.91. The zero-order chi connectivity index (χ0) is 18.4. The third-order valence-corrected chi connectivity index (χ3v) is 5.82. The van der Waals surface area contributed by atoms with Crippen LogP contribution in [-0.2, 0) is 20.7 Å². The summed E-state index contributed by atoms with van der Waals surface area (Å²) in [5.41, 5.74) is 8.12. The minimum atomic E-state index is -0.468. The van der Waals surface area contributed by atoms with E-state index < -0.39 is 5.41 Å². The summed E-state index contributed by atoms with van der Waals surface area (Å²) in [5.74, 6) is 0.186. The minimum absolute atomic E-state index is 0. The zero-order valence-corrected chi connectivity index (χ0v) is 17.1. The summed E-state index contributed by atoms with van der Waals surface area (Å²) < 4.78 is 11.3. The van der Waals surface area contributed by atoms with Gasteiger partial charge in [-0.2, -0.15) is 0 Å². The number of hydrogen-bond donors (Lipinski definition) is 1. The Labute approximate surface area is 169 Å². The Bertz CT molecular complexity index is 582. The second-order valence-electron chi connectivity index (χ2n) is 7.72. The number of carbonyl (C=O) groups is 1. The van der Waals surface area contributed by atoms with E-state index in [9.17, 15) is 4.79 Å². The lowest BCUT2D eigenvalue weighted by molar-refractivity contribution is -0.148.